The molecule has 1 fully saturated rings. The van der Waals surface area contributed by atoms with E-state index in [0.29, 0.717) is 19.5 Å². The first-order chi connectivity index (χ1) is 15.1. The maximum atomic E-state index is 14.3. The molecule has 1 aromatic carbocycles. The fraction of sp³-hybridized carbons (Fsp3) is 0.421. The van der Waals surface area contributed by atoms with Gasteiger partial charge in [0.25, 0.3) is 0 Å². The van der Waals surface area contributed by atoms with Crippen LogP contribution in [0.5, 0.6) is 5.75 Å². The Balaban J connectivity index is 2.05. The summed E-state index contributed by atoms with van der Waals surface area (Å²) in [6.45, 7) is 0.957. The second kappa shape index (κ2) is 9.30. The van der Waals surface area contributed by atoms with Gasteiger partial charge in [-0.05, 0) is 25.1 Å². The number of benzene rings is 1. The van der Waals surface area contributed by atoms with E-state index in [-0.39, 0.29) is 17.3 Å². The number of anilines is 2. The minimum atomic E-state index is -3.86. The molecule has 0 saturated carbocycles. The van der Waals surface area contributed by atoms with Gasteiger partial charge in [0.2, 0.25) is 21.8 Å². The molecule has 0 amide bonds. The predicted octanol–water partition coefficient (Wildman–Crippen LogP) is 0.720. The number of carbonyl (C=O) groups is 1. The summed E-state index contributed by atoms with van der Waals surface area (Å²) in [7, 11) is -1.20. The van der Waals surface area contributed by atoms with Crippen LogP contribution in [0.3, 0.4) is 0 Å². The Labute approximate surface area is 183 Å². The van der Waals surface area contributed by atoms with Gasteiger partial charge in [0.05, 0.1) is 31.1 Å². The third-order valence-electron chi connectivity index (χ3n) is 5.10. The fourth-order valence-electron chi connectivity index (χ4n) is 3.58. The summed E-state index contributed by atoms with van der Waals surface area (Å²) in [5.41, 5.74) is 4.92. The number of ether oxygens (including phenoxy) is 2. The van der Waals surface area contributed by atoms with Crippen LogP contribution in [0.1, 0.15) is 22.3 Å². The molecule has 2 atom stereocenters. The van der Waals surface area contributed by atoms with Crippen molar-refractivity contribution in [3.8, 4) is 5.75 Å². The van der Waals surface area contributed by atoms with Crippen LogP contribution in [0.25, 0.3) is 0 Å². The zero-order valence-electron chi connectivity index (χ0n) is 17.6. The number of hydrogen-bond acceptors (Lipinski definition) is 9. The SMILES string of the molecule is COc1ccc(F)c(F)c1C(=O)c1cnc(N(C2CCNCC2OC)S(C)(=O)=O)nc1N. The van der Waals surface area contributed by atoms with Crippen molar-refractivity contribution in [1.82, 2.24) is 15.3 Å². The van der Waals surface area contributed by atoms with Crippen molar-refractivity contribution in [2.75, 3.05) is 43.6 Å². The maximum Gasteiger partial charge on any atom is 0.241 e. The molecule has 2 unspecified atom stereocenters. The van der Waals surface area contributed by atoms with Gasteiger partial charge in [-0.25, -0.2) is 26.5 Å². The first-order valence-corrected chi connectivity index (χ1v) is 11.4. The van der Waals surface area contributed by atoms with Crippen LogP contribution in [-0.4, -0.2) is 69.9 Å². The molecule has 1 saturated heterocycles. The molecule has 1 aliphatic rings. The van der Waals surface area contributed by atoms with Crippen molar-refractivity contribution in [3.63, 3.8) is 0 Å². The summed E-state index contributed by atoms with van der Waals surface area (Å²) in [5, 5.41) is 3.11. The third kappa shape index (κ3) is 4.49. The molecular weight excluding hydrogens is 448 g/mol. The molecule has 3 N–H and O–H groups in total. The van der Waals surface area contributed by atoms with Crippen molar-refractivity contribution in [3.05, 3.63) is 41.1 Å². The summed E-state index contributed by atoms with van der Waals surface area (Å²) >= 11 is 0. The minimum absolute atomic E-state index is 0.201. The molecule has 2 heterocycles. The Bertz CT molecular complexity index is 1130. The van der Waals surface area contributed by atoms with Crippen LogP contribution in [0.2, 0.25) is 0 Å². The van der Waals surface area contributed by atoms with Crippen LogP contribution in [0.15, 0.2) is 18.3 Å². The molecule has 2 aromatic rings. The second-order valence-electron chi connectivity index (χ2n) is 7.13. The highest BCUT2D eigenvalue weighted by atomic mass is 32.2. The predicted molar refractivity (Wildman–Crippen MR) is 112 cm³/mol. The van der Waals surface area contributed by atoms with Gasteiger partial charge in [-0.3, -0.25) is 4.79 Å². The largest absolute Gasteiger partial charge is 0.496 e. The van der Waals surface area contributed by atoms with Crippen molar-refractivity contribution in [1.29, 1.82) is 0 Å². The number of nitrogens with zero attached hydrogens (tertiary/aromatic N) is 3. The first-order valence-electron chi connectivity index (χ1n) is 9.52. The molecule has 0 aliphatic carbocycles. The highest BCUT2D eigenvalue weighted by molar-refractivity contribution is 7.92. The highest BCUT2D eigenvalue weighted by Gasteiger charge is 2.37. The number of sulfonamides is 1. The Morgan fingerprint density at radius 1 is 1.31 bits per heavy atom. The number of methoxy groups -OCH3 is 2. The maximum absolute atomic E-state index is 14.3. The number of ketones is 1. The average molecular weight is 471 g/mol. The zero-order chi connectivity index (χ0) is 23.6. The van der Waals surface area contributed by atoms with Gasteiger partial charge in [0, 0.05) is 19.9 Å². The molecule has 174 valence electrons. The van der Waals surface area contributed by atoms with Crippen LogP contribution in [0.4, 0.5) is 20.5 Å². The van der Waals surface area contributed by atoms with Crippen molar-refractivity contribution < 1.29 is 31.5 Å². The van der Waals surface area contributed by atoms with Gasteiger partial charge >= 0.3 is 0 Å². The number of rotatable bonds is 7. The number of piperidine rings is 1. The second-order valence-corrected chi connectivity index (χ2v) is 8.99. The zero-order valence-corrected chi connectivity index (χ0v) is 18.4. The minimum Gasteiger partial charge on any atom is -0.496 e. The molecule has 1 aromatic heterocycles. The summed E-state index contributed by atoms with van der Waals surface area (Å²) in [6, 6.07) is 1.31. The average Bonchev–Trinajstić information content (AvgIpc) is 2.74. The summed E-state index contributed by atoms with van der Waals surface area (Å²) in [5.74, 6) is -4.53. The molecule has 1 aliphatic heterocycles. The Kier molecular flexibility index (Phi) is 6.91. The van der Waals surface area contributed by atoms with E-state index in [4.69, 9.17) is 15.2 Å². The number of carbonyl (C=O) groups excluding carboxylic acids is 1. The number of hydrogen-bond donors (Lipinski definition) is 2. The Morgan fingerprint density at radius 3 is 2.62 bits per heavy atom. The number of nitrogens with one attached hydrogen (secondary N) is 1. The van der Waals surface area contributed by atoms with Gasteiger partial charge in [0.15, 0.2) is 11.6 Å². The monoisotopic (exact) mass is 471 g/mol. The molecule has 0 radical (unpaired) electrons. The molecule has 3 rings (SSSR count). The van der Waals surface area contributed by atoms with Crippen LogP contribution >= 0.6 is 0 Å². The van der Waals surface area contributed by atoms with E-state index in [1.165, 1.54) is 14.2 Å². The lowest BCUT2D eigenvalue weighted by Gasteiger charge is -2.37. The topological polar surface area (TPSA) is 137 Å². The number of aromatic nitrogens is 2. The molecule has 13 heteroatoms. The van der Waals surface area contributed by atoms with Gasteiger partial charge in [-0.15, -0.1) is 0 Å². The van der Waals surface area contributed by atoms with Crippen LogP contribution < -0.4 is 20.1 Å². The van der Waals surface area contributed by atoms with E-state index < -0.39 is 51.0 Å². The Hall–Kier alpha value is -2.90. The van der Waals surface area contributed by atoms with Gasteiger partial charge in [-0.2, -0.15) is 4.98 Å². The normalized spacial score (nSPS) is 18.9. The van der Waals surface area contributed by atoms with Crippen molar-refractivity contribution in [2.45, 2.75) is 18.6 Å². The van der Waals surface area contributed by atoms with Crippen LogP contribution in [0, 0.1) is 11.6 Å². The van der Waals surface area contributed by atoms with E-state index in [1.54, 1.807) is 0 Å². The van der Waals surface area contributed by atoms with E-state index in [1.807, 2.05) is 0 Å². The molecule has 10 nitrogen and oxygen atoms in total. The molecule has 0 spiro atoms. The number of nitrogen functional groups attached to an aromatic ring is 1. The highest BCUT2D eigenvalue weighted by Crippen LogP contribution is 2.29. The molecule has 0 bridgehead atoms. The number of nitrogens with two attached hydrogens (primary N) is 1. The van der Waals surface area contributed by atoms with E-state index in [0.717, 1.165) is 28.9 Å². The van der Waals surface area contributed by atoms with E-state index >= 15 is 0 Å². The summed E-state index contributed by atoms with van der Waals surface area (Å²) in [6.07, 6.45) is 1.91. The summed E-state index contributed by atoms with van der Waals surface area (Å²) < 4.78 is 64.5. The lowest BCUT2D eigenvalue weighted by molar-refractivity contribution is 0.0658. The smallest absolute Gasteiger partial charge is 0.241 e. The first kappa shape index (κ1) is 23.8. The third-order valence-corrected chi connectivity index (χ3v) is 6.25. The number of halogens is 2. The molecular formula is C19H23F2N5O5S. The van der Waals surface area contributed by atoms with Crippen LogP contribution in [-0.2, 0) is 14.8 Å². The van der Waals surface area contributed by atoms with Gasteiger partial charge in [0.1, 0.15) is 17.1 Å². The quantitative estimate of drug-likeness (QED) is 0.560. The van der Waals surface area contributed by atoms with Gasteiger partial charge < -0.3 is 20.5 Å². The lowest BCUT2D eigenvalue weighted by atomic mass is 10.0. The van der Waals surface area contributed by atoms with E-state index in [9.17, 15) is 22.0 Å². The lowest BCUT2D eigenvalue weighted by Crippen LogP contribution is -2.55. The fourth-order valence-corrected chi connectivity index (χ4v) is 4.70. The van der Waals surface area contributed by atoms with Gasteiger partial charge in [-0.1, -0.05) is 0 Å². The Morgan fingerprint density at radius 2 is 2.03 bits per heavy atom. The standard InChI is InChI=1S/C19H23F2N5O5S/c1-30-13-5-4-11(20)16(21)15(13)17(27)10-8-24-19(25-18(10)22)26(32(3,28)29)12-6-7-23-9-14(12)31-2/h4-5,8,12,14,23H,6-7,9H2,1-3H3,(H2,22,24,25). The van der Waals surface area contributed by atoms with Crippen molar-refractivity contribution >= 4 is 27.6 Å². The van der Waals surface area contributed by atoms with E-state index in [2.05, 4.69) is 15.3 Å². The van der Waals surface area contributed by atoms with Crippen molar-refractivity contribution in [2.24, 2.45) is 0 Å². The molecule has 32 heavy (non-hydrogen) atoms. The summed E-state index contributed by atoms with van der Waals surface area (Å²) in [4.78, 5) is 20.9.